The van der Waals surface area contributed by atoms with Gasteiger partial charge in [0.05, 0.1) is 0 Å². The van der Waals surface area contributed by atoms with Crippen molar-refractivity contribution >= 4 is 0 Å². The first-order valence-electron chi connectivity index (χ1n) is 16.4. The maximum absolute atomic E-state index is 9.56. The second-order valence-electron chi connectivity index (χ2n) is 12.1. The fourth-order valence-electron chi connectivity index (χ4n) is 5.83. The number of aromatic hydroxyl groups is 4. The van der Waals surface area contributed by atoms with Crippen LogP contribution >= 0.6 is 0 Å². The Morgan fingerprint density at radius 3 is 1.11 bits per heavy atom. The van der Waals surface area contributed by atoms with Crippen molar-refractivity contribution < 1.29 is 20.4 Å². The Morgan fingerprint density at radius 1 is 0.455 bits per heavy atom. The quantitative estimate of drug-likeness (QED) is 0.103. The molecule has 0 bridgehead atoms. The van der Waals surface area contributed by atoms with Crippen molar-refractivity contribution in [3.05, 3.63) is 119 Å². The van der Waals surface area contributed by atoms with Crippen LogP contribution in [-0.4, -0.2) is 20.4 Å². The molecule has 0 aliphatic rings. The lowest BCUT2D eigenvalue weighted by molar-refractivity contribution is 0.472. The predicted molar refractivity (Wildman–Crippen MR) is 183 cm³/mol. The normalized spacial score (nSPS) is 11.3. The summed E-state index contributed by atoms with van der Waals surface area (Å²) in [4.78, 5) is 0. The number of phenolic OH excluding ortho intramolecular Hbond substituents is 4. The number of rotatable bonds is 15. The van der Waals surface area contributed by atoms with Gasteiger partial charge in [-0.1, -0.05) is 127 Å². The van der Waals surface area contributed by atoms with E-state index in [1.807, 2.05) is 48.5 Å². The van der Waals surface area contributed by atoms with Gasteiger partial charge in [0.1, 0.15) is 23.0 Å². The summed E-state index contributed by atoms with van der Waals surface area (Å²) in [7, 11) is 0. The SMILES string of the molecule is CCC(C)(c1ccc(O)cc1)c1ccc(O)cc1.CCCCCCCCCCCC(c1ccc(O)cc1)c1ccc(O)cc1. The number of hydrogen-bond acceptors (Lipinski definition) is 4. The molecule has 0 saturated heterocycles. The van der Waals surface area contributed by atoms with Gasteiger partial charge in [-0.05, 0) is 83.6 Å². The molecule has 0 unspecified atom stereocenters. The summed E-state index contributed by atoms with van der Waals surface area (Å²) in [6.07, 6.45) is 14.1. The van der Waals surface area contributed by atoms with Gasteiger partial charge in [-0.25, -0.2) is 0 Å². The molecular formula is C40H52O4. The zero-order chi connectivity index (χ0) is 31.8. The summed E-state index contributed by atoms with van der Waals surface area (Å²) >= 11 is 0. The van der Waals surface area contributed by atoms with E-state index in [1.165, 1.54) is 68.9 Å². The molecule has 4 aromatic carbocycles. The highest BCUT2D eigenvalue weighted by Gasteiger charge is 2.26. The van der Waals surface area contributed by atoms with Crippen molar-refractivity contribution in [1.82, 2.24) is 0 Å². The summed E-state index contributed by atoms with van der Waals surface area (Å²) in [6.45, 7) is 6.57. The molecule has 4 N–H and O–H groups in total. The fraction of sp³-hybridized carbons (Fsp3) is 0.400. The van der Waals surface area contributed by atoms with Crippen LogP contribution in [-0.2, 0) is 5.41 Å². The molecule has 0 spiro atoms. The Bertz CT molecular complexity index is 1240. The van der Waals surface area contributed by atoms with Crippen molar-refractivity contribution in [2.75, 3.05) is 0 Å². The van der Waals surface area contributed by atoms with E-state index in [1.54, 1.807) is 48.5 Å². The number of benzene rings is 4. The van der Waals surface area contributed by atoms with E-state index in [4.69, 9.17) is 0 Å². The minimum absolute atomic E-state index is 0.110. The predicted octanol–water partition coefficient (Wildman–Crippen LogP) is 11.0. The Kier molecular flexibility index (Phi) is 14.2. The highest BCUT2D eigenvalue weighted by atomic mass is 16.3. The van der Waals surface area contributed by atoms with Crippen LogP contribution in [0.3, 0.4) is 0 Å². The van der Waals surface area contributed by atoms with E-state index in [9.17, 15) is 20.4 Å². The summed E-state index contributed by atoms with van der Waals surface area (Å²) < 4.78 is 0. The third-order valence-electron chi connectivity index (χ3n) is 8.90. The first kappa shape index (κ1) is 34.6. The van der Waals surface area contributed by atoms with E-state index in [0.717, 1.165) is 24.0 Å². The van der Waals surface area contributed by atoms with Gasteiger partial charge >= 0.3 is 0 Å². The van der Waals surface area contributed by atoms with E-state index in [2.05, 4.69) is 20.8 Å². The third-order valence-corrected chi connectivity index (χ3v) is 8.90. The van der Waals surface area contributed by atoms with Crippen LogP contribution in [0.25, 0.3) is 0 Å². The molecule has 4 rings (SSSR count). The van der Waals surface area contributed by atoms with Crippen LogP contribution in [0.1, 0.15) is 120 Å². The molecule has 236 valence electrons. The standard InChI is InChI=1S/C24H34O2.C16H18O2/c1-2-3-4-5-6-7-8-9-10-11-24(20-12-16-22(25)17-13-20)21-14-18-23(26)19-15-21;1-3-16(2,12-4-8-14(17)9-5-12)13-6-10-15(18)11-7-13/h12-19,24-26H,2-11H2,1H3;4-11,17-18H,3H2,1-2H3. The van der Waals surface area contributed by atoms with E-state index in [0.29, 0.717) is 17.4 Å². The Balaban J connectivity index is 0.000000257. The first-order chi connectivity index (χ1) is 21.3. The van der Waals surface area contributed by atoms with Crippen molar-refractivity contribution in [3.63, 3.8) is 0 Å². The minimum atomic E-state index is -0.110. The van der Waals surface area contributed by atoms with Gasteiger partial charge in [0.15, 0.2) is 0 Å². The van der Waals surface area contributed by atoms with Gasteiger partial charge in [-0.15, -0.1) is 0 Å². The van der Waals surface area contributed by atoms with Crippen molar-refractivity contribution in [1.29, 1.82) is 0 Å². The fourth-order valence-corrected chi connectivity index (χ4v) is 5.83. The number of unbranched alkanes of at least 4 members (excludes halogenated alkanes) is 8. The van der Waals surface area contributed by atoms with Crippen LogP contribution in [0.5, 0.6) is 23.0 Å². The van der Waals surface area contributed by atoms with Gasteiger partial charge < -0.3 is 20.4 Å². The average molecular weight is 597 g/mol. The lowest BCUT2D eigenvalue weighted by Crippen LogP contribution is -2.22. The maximum atomic E-state index is 9.56. The summed E-state index contributed by atoms with van der Waals surface area (Å²) in [5.41, 5.74) is 4.67. The second kappa shape index (κ2) is 18.0. The lowest BCUT2D eigenvalue weighted by atomic mass is 9.74. The molecule has 0 saturated carbocycles. The molecule has 0 amide bonds. The topological polar surface area (TPSA) is 80.9 Å². The molecule has 4 heteroatoms. The Labute approximate surface area is 265 Å². The van der Waals surface area contributed by atoms with E-state index in [-0.39, 0.29) is 16.9 Å². The van der Waals surface area contributed by atoms with Crippen molar-refractivity contribution in [3.8, 4) is 23.0 Å². The van der Waals surface area contributed by atoms with Crippen LogP contribution in [0.4, 0.5) is 0 Å². The summed E-state index contributed by atoms with van der Waals surface area (Å²) in [6, 6.07) is 29.8. The highest BCUT2D eigenvalue weighted by Crippen LogP contribution is 2.36. The highest BCUT2D eigenvalue weighted by molar-refractivity contribution is 5.42. The molecule has 0 atom stereocenters. The molecule has 4 nitrogen and oxygen atoms in total. The van der Waals surface area contributed by atoms with Gasteiger partial charge in [0.25, 0.3) is 0 Å². The Morgan fingerprint density at radius 2 is 0.773 bits per heavy atom. The van der Waals surface area contributed by atoms with Crippen LogP contribution in [0.2, 0.25) is 0 Å². The molecule has 0 heterocycles. The van der Waals surface area contributed by atoms with Crippen LogP contribution in [0.15, 0.2) is 97.1 Å². The molecule has 0 aliphatic heterocycles. The molecule has 0 aromatic heterocycles. The van der Waals surface area contributed by atoms with Gasteiger partial charge in [0.2, 0.25) is 0 Å². The zero-order valence-corrected chi connectivity index (χ0v) is 26.9. The summed E-state index contributed by atoms with van der Waals surface area (Å²) in [5.74, 6) is 1.49. The molecule has 0 radical (unpaired) electrons. The second-order valence-corrected chi connectivity index (χ2v) is 12.1. The van der Waals surface area contributed by atoms with E-state index >= 15 is 0 Å². The summed E-state index contributed by atoms with van der Waals surface area (Å²) in [5, 5.41) is 37.9. The monoisotopic (exact) mass is 596 g/mol. The molecular weight excluding hydrogens is 544 g/mol. The average Bonchev–Trinajstić information content (AvgIpc) is 3.04. The van der Waals surface area contributed by atoms with Crippen molar-refractivity contribution in [2.45, 2.75) is 103 Å². The van der Waals surface area contributed by atoms with Gasteiger partial charge in [-0.2, -0.15) is 0 Å². The lowest BCUT2D eigenvalue weighted by Gasteiger charge is -2.29. The first-order valence-corrected chi connectivity index (χ1v) is 16.4. The molecule has 0 fully saturated rings. The van der Waals surface area contributed by atoms with Crippen molar-refractivity contribution in [2.24, 2.45) is 0 Å². The maximum Gasteiger partial charge on any atom is 0.115 e. The molecule has 0 aliphatic carbocycles. The van der Waals surface area contributed by atoms with Crippen LogP contribution in [0, 0.1) is 0 Å². The Hall–Kier alpha value is -3.92. The van der Waals surface area contributed by atoms with Gasteiger partial charge in [-0.3, -0.25) is 0 Å². The van der Waals surface area contributed by atoms with E-state index < -0.39 is 0 Å². The largest absolute Gasteiger partial charge is 0.508 e. The third kappa shape index (κ3) is 10.7. The molecule has 4 aromatic rings. The zero-order valence-electron chi connectivity index (χ0n) is 26.9. The number of hydrogen-bond donors (Lipinski definition) is 4. The number of phenols is 4. The van der Waals surface area contributed by atoms with Gasteiger partial charge in [0, 0.05) is 11.3 Å². The minimum Gasteiger partial charge on any atom is -0.508 e. The van der Waals surface area contributed by atoms with Crippen LogP contribution < -0.4 is 0 Å². The molecule has 44 heavy (non-hydrogen) atoms. The smallest absolute Gasteiger partial charge is 0.115 e.